The Morgan fingerprint density at radius 3 is 2.53 bits per heavy atom. The van der Waals surface area contributed by atoms with Gasteiger partial charge in [-0.05, 0) is 5.56 Å². The smallest absolute Gasteiger partial charge is 0.0916 e. The Hall–Kier alpha value is -0.900. The van der Waals surface area contributed by atoms with Gasteiger partial charge in [0.1, 0.15) is 0 Å². The molecule has 0 saturated carbocycles. The number of aliphatic hydroxyl groups excluding tert-OH is 1. The molecule has 1 aromatic carbocycles. The van der Waals surface area contributed by atoms with E-state index in [-0.39, 0.29) is 6.10 Å². The van der Waals surface area contributed by atoms with E-state index in [1.807, 2.05) is 30.3 Å². The van der Waals surface area contributed by atoms with Crippen LogP contribution in [0.2, 0.25) is 0 Å². The van der Waals surface area contributed by atoms with Crippen LogP contribution in [0.3, 0.4) is 0 Å². The van der Waals surface area contributed by atoms with Crippen LogP contribution < -0.4 is 5.32 Å². The zero-order chi connectivity index (χ0) is 10.5. The van der Waals surface area contributed by atoms with Crippen LogP contribution in [0, 0.1) is 0 Å². The first-order chi connectivity index (χ1) is 7.36. The highest BCUT2D eigenvalue weighted by atomic mass is 16.3. The van der Waals surface area contributed by atoms with Gasteiger partial charge in [-0.3, -0.25) is 4.90 Å². The predicted octanol–water partition coefficient (Wildman–Crippen LogP) is 0.625. The van der Waals surface area contributed by atoms with Crippen molar-refractivity contribution >= 4 is 0 Å². The monoisotopic (exact) mass is 206 g/mol. The summed E-state index contributed by atoms with van der Waals surface area (Å²) in [5.74, 6) is 0. The van der Waals surface area contributed by atoms with Crippen LogP contribution in [0.25, 0.3) is 0 Å². The second kappa shape index (κ2) is 5.26. The van der Waals surface area contributed by atoms with Gasteiger partial charge in [0.15, 0.2) is 0 Å². The molecule has 1 fully saturated rings. The Bertz CT molecular complexity index is 283. The van der Waals surface area contributed by atoms with E-state index in [1.54, 1.807) is 0 Å². The highest BCUT2D eigenvalue weighted by Gasteiger charge is 2.14. The van der Waals surface area contributed by atoms with Crippen LogP contribution in [-0.4, -0.2) is 42.7 Å². The van der Waals surface area contributed by atoms with E-state index in [0.717, 1.165) is 38.3 Å². The molecule has 1 saturated heterocycles. The van der Waals surface area contributed by atoms with Crippen molar-refractivity contribution in [3.05, 3.63) is 35.9 Å². The highest BCUT2D eigenvalue weighted by molar-refractivity contribution is 5.17. The van der Waals surface area contributed by atoms with Crippen LogP contribution in [0.4, 0.5) is 0 Å². The SMILES string of the molecule is O[C@@H](CN1CCNCC1)c1ccccc1. The minimum atomic E-state index is -0.357. The first-order valence-electron chi connectivity index (χ1n) is 5.52. The third-order valence-corrected chi connectivity index (χ3v) is 2.83. The normalized spacial score (nSPS) is 20.1. The molecule has 1 aliphatic heterocycles. The van der Waals surface area contributed by atoms with Gasteiger partial charge in [-0.2, -0.15) is 0 Å². The van der Waals surface area contributed by atoms with Crippen molar-refractivity contribution in [3.63, 3.8) is 0 Å². The number of nitrogens with one attached hydrogen (secondary N) is 1. The molecular weight excluding hydrogens is 188 g/mol. The lowest BCUT2D eigenvalue weighted by Crippen LogP contribution is -2.44. The van der Waals surface area contributed by atoms with E-state index in [0.29, 0.717) is 0 Å². The summed E-state index contributed by atoms with van der Waals surface area (Å²) in [4.78, 5) is 2.30. The quantitative estimate of drug-likeness (QED) is 0.761. The molecule has 0 amide bonds. The van der Waals surface area contributed by atoms with E-state index in [2.05, 4.69) is 10.2 Å². The number of hydrogen-bond acceptors (Lipinski definition) is 3. The summed E-state index contributed by atoms with van der Waals surface area (Å²) in [5.41, 5.74) is 1.01. The third-order valence-electron chi connectivity index (χ3n) is 2.83. The van der Waals surface area contributed by atoms with Crippen LogP contribution in [0.15, 0.2) is 30.3 Å². The molecule has 2 N–H and O–H groups in total. The van der Waals surface area contributed by atoms with E-state index in [4.69, 9.17) is 0 Å². The largest absolute Gasteiger partial charge is 0.387 e. The van der Waals surface area contributed by atoms with Gasteiger partial charge in [0, 0.05) is 32.7 Å². The van der Waals surface area contributed by atoms with Gasteiger partial charge in [0.2, 0.25) is 0 Å². The molecular formula is C12H18N2O. The zero-order valence-corrected chi connectivity index (χ0v) is 8.89. The molecule has 1 aromatic rings. The molecule has 0 aliphatic carbocycles. The summed E-state index contributed by atoms with van der Waals surface area (Å²) in [6, 6.07) is 9.87. The Kier molecular flexibility index (Phi) is 3.72. The Labute approximate surface area is 90.7 Å². The Morgan fingerprint density at radius 1 is 1.20 bits per heavy atom. The average molecular weight is 206 g/mol. The number of nitrogens with zero attached hydrogens (tertiary/aromatic N) is 1. The summed E-state index contributed by atoms with van der Waals surface area (Å²) in [6.45, 7) is 4.86. The van der Waals surface area contributed by atoms with Crippen LogP contribution in [-0.2, 0) is 0 Å². The number of rotatable bonds is 3. The molecule has 82 valence electrons. The second-order valence-corrected chi connectivity index (χ2v) is 3.98. The molecule has 15 heavy (non-hydrogen) atoms. The number of benzene rings is 1. The molecule has 1 aliphatic rings. The van der Waals surface area contributed by atoms with Crippen molar-refractivity contribution in [2.24, 2.45) is 0 Å². The molecule has 1 heterocycles. The first kappa shape index (κ1) is 10.6. The van der Waals surface area contributed by atoms with Crippen molar-refractivity contribution in [3.8, 4) is 0 Å². The first-order valence-corrected chi connectivity index (χ1v) is 5.52. The molecule has 1 atom stereocenters. The van der Waals surface area contributed by atoms with E-state index < -0.39 is 0 Å². The summed E-state index contributed by atoms with van der Waals surface area (Å²) < 4.78 is 0. The van der Waals surface area contributed by atoms with Crippen molar-refractivity contribution in [2.75, 3.05) is 32.7 Å². The maximum absolute atomic E-state index is 10.0. The van der Waals surface area contributed by atoms with Crippen molar-refractivity contribution in [1.82, 2.24) is 10.2 Å². The molecule has 0 spiro atoms. The van der Waals surface area contributed by atoms with E-state index >= 15 is 0 Å². The lowest BCUT2D eigenvalue weighted by molar-refractivity contribution is 0.105. The van der Waals surface area contributed by atoms with Crippen LogP contribution in [0.1, 0.15) is 11.7 Å². The lowest BCUT2D eigenvalue weighted by atomic mass is 10.1. The summed E-state index contributed by atoms with van der Waals surface area (Å²) in [5, 5.41) is 13.3. The lowest BCUT2D eigenvalue weighted by Gasteiger charge is -2.29. The van der Waals surface area contributed by atoms with Gasteiger partial charge in [-0.15, -0.1) is 0 Å². The van der Waals surface area contributed by atoms with Gasteiger partial charge in [0.05, 0.1) is 6.10 Å². The maximum atomic E-state index is 10.0. The average Bonchev–Trinajstić information content (AvgIpc) is 2.31. The topological polar surface area (TPSA) is 35.5 Å². The van der Waals surface area contributed by atoms with Crippen molar-refractivity contribution in [2.45, 2.75) is 6.10 Å². The highest BCUT2D eigenvalue weighted by Crippen LogP contribution is 2.13. The molecule has 0 radical (unpaired) electrons. The Balaban J connectivity index is 1.88. The maximum Gasteiger partial charge on any atom is 0.0916 e. The van der Waals surface area contributed by atoms with Gasteiger partial charge >= 0.3 is 0 Å². The van der Waals surface area contributed by atoms with Crippen molar-refractivity contribution in [1.29, 1.82) is 0 Å². The van der Waals surface area contributed by atoms with E-state index in [1.165, 1.54) is 0 Å². The fourth-order valence-corrected chi connectivity index (χ4v) is 1.92. The minimum absolute atomic E-state index is 0.357. The second-order valence-electron chi connectivity index (χ2n) is 3.98. The number of piperazine rings is 1. The zero-order valence-electron chi connectivity index (χ0n) is 8.89. The van der Waals surface area contributed by atoms with Crippen LogP contribution in [0.5, 0.6) is 0 Å². The van der Waals surface area contributed by atoms with Gasteiger partial charge in [-0.25, -0.2) is 0 Å². The number of hydrogen-bond donors (Lipinski definition) is 2. The molecule has 0 bridgehead atoms. The van der Waals surface area contributed by atoms with Crippen LogP contribution >= 0.6 is 0 Å². The molecule has 0 aromatic heterocycles. The van der Waals surface area contributed by atoms with E-state index in [9.17, 15) is 5.11 Å². The summed E-state index contributed by atoms with van der Waals surface area (Å²) >= 11 is 0. The molecule has 0 unspecified atom stereocenters. The number of aliphatic hydroxyl groups is 1. The minimum Gasteiger partial charge on any atom is -0.387 e. The molecule has 2 rings (SSSR count). The Morgan fingerprint density at radius 2 is 1.87 bits per heavy atom. The standard InChI is InChI=1S/C12H18N2O/c15-12(11-4-2-1-3-5-11)10-14-8-6-13-7-9-14/h1-5,12-13,15H,6-10H2/t12-/m0/s1. The fourth-order valence-electron chi connectivity index (χ4n) is 1.92. The van der Waals surface area contributed by atoms with Crippen molar-refractivity contribution < 1.29 is 5.11 Å². The summed E-state index contributed by atoms with van der Waals surface area (Å²) in [6.07, 6.45) is -0.357. The molecule has 3 nitrogen and oxygen atoms in total. The predicted molar refractivity (Wildman–Crippen MR) is 60.7 cm³/mol. The fraction of sp³-hybridized carbons (Fsp3) is 0.500. The van der Waals surface area contributed by atoms with Gasteiger partial charge < -0.3 is 10.4 Å². The van der Waals surface area contributed by atoms with Gasteiger partial charge in [0.25, 0.3) is 0 Å². The summed E-state index contributed by atoms with van der Waals surface area (Å²) in [7, 11) is 0. The number of β-amino-alcohol motifs (C(OH)–C–C–N with tert-alkyl or cyclic N) is 1. The third kappa shape index (κ3) is 3.02. The molecule has 3 heteroatoms. The van der Waals surface area contributed by atoms with Gasteiger partial charge in [-0.1, -0.05) is 30.3 Å².